The largest absolute Gasteiger partial charge is 0.480 e. The molecule has 0 radical (unpaired) electrons. The van der Waals surface area contributed by atoms with E-state index in [0.29, 0.717) is 5.92 Å². The average molecular weight is 239 g/mol. The molecule has 1 aliphatic rings. The molecule has 0 saturated carbocycles. The van der Waals surface area contributed by atoms with Crippen molar-refractivity contribution in [3.8, 4) is 0 Å². The Morgan fingerprint density at radius 2 is 2.12 bits per heavy atom. The van der Waals surface area contributed by atoms with Crippen LogP contribution in [-0.4, -0.2) is 35.0 Å². The molecule has 1 rings (SSSR count). The van der Waals surface area contributed by atoms with Crippen LogP contribution in [0.3, 0.4) is 0 Å². The zero-order chi connectivity index (χ0) is 13.2. The Morgan fingerprint density at radius 1 is 1.53 bits per heavy atom. The van der Waals surface area contributed by atoms with E-state index in [9.17, 15) is 14.7 Å². The molecule has 1 aliphatic carbocycles. The van der Waals surface area contributed by atoms with Gasteiger partial charge in [-0.2, -0.15) is 0 Å². The monoisotopic (exact) mass is 239 g/mol. The maximum absolute atomic E-state index is 11.3. The lowest BCUT2D eigenvalue weighted by atomic mass is 9.79. The van der Waals surface area contributed by atoms with Gasteiger partial charge in [0.2, 0.25) is 5.91 Å². The lowest BCUT2D eigenvalue weighted by Gasteiger charge is -2.34. The minimum Gasteiger partial charge on any atom is -0.480 e. The molecule has 0 fully saturated rings. The third kappa shape index (κ3) is 3.32. The smallest absolute Gasteiger partial charge is 0.326 e. The highest BCUT2D eigenvalue weighted by Gasteiger charge is 2.35. The molecule has 96 valence electrons. The summed E-state index contributed by atoms with van der Waals surface area (Å²) in [5, 5.41) is 9.30. The van der Waals surface area contributed by atoms with Crippen LogP contribution in [-0.2, 0) is 9.59 Å². The third-order valence-electron chi connectivity index (χ3n) is 3.44. The quantitative estimate of drug-likeness (QED) is 0.765. The van der Waals surface area contributed by atoms with Crippen LogP contribution in [0.5, 0.6) is 0 Å². The summed E-state index contributed by atoms with van der Waals surface area (Å²) in [4.78, 5) is 24.0. The fraction of sp³-hybridized carbons (Fsp3) is 0.692. The second-order valence-electron chi connectivity index (χ2n) is 5.10. The minimum absolute atomic E-state index is 0.0152. The topological polar surface area (TPSA) is 57.6 Å². The molecule has 0 aliphatic heterocycles. The third-order valence-corrected chi connectivity index (χ3v) is 3.44. The number of allylic oxidation sites excluding steroid dienone is 2. The summed E-state index contributed by atoms with van der Waals surface area (Å²) in [6, 6.07) is -0.710. The Kier molecular flexibility index (Phi) is 4.32. The Balaban J connectivity index is 2.89. The molecule has 0 saturated heterocycles. The summed E-state index contributed by atoms with van der Waals surface area (Å²) in [6.07, 6.45) is 3.77. The Morgan fingerprint density at radius 3 is 2.53 bits per heavy atom. The van der Waals surface area contributed by atoms with Crippen molar-refractivity contribution in [2.75, 3.05) is 7.05 Å². The first-order valence-corrected chi connectivity index (χ1v) is 5.96. The van der Waals surface area contributed by atoms with Gasteiger partial charge in [0.25, 0.3) is 0 Å². The Bertz CT molecular complexity index is 349. The van der Waals surface area contributed by atoms with Crippen LogP contribution >= 0.6 is 0 Å². The number of rotatable bonds is 3. The van der Waals surface area contributed by atoms with E-state index in [4.69, 9.17) is 0 Å². The normalized spacial score (nSPS) is 26.0. The second kappa shape index (κ2) is 5.34. The van der Waals surface area contributed by atoms with Gasteiger partial charge >= 0.3 is 5.97 Å². The van der Waals surface area contributed by atoms with Gasteiger partial charge in [0, 0.05) is 14.0 Å². The lowest BCUT2D eigenvalue weighted by Crippen LogP contribution is -2.47. The summed E-state index contributed by atoms with van der Waals surface area (Å²) < 4.78 is 0. The summed E-state index contributed by atoms with van der Waals surface area (Å²) in [5.74, 6) is -0.704. The van der Waals surface area contributed by atoms with E-state index >= 15 is 0 Å². The van der Waals surface area contributed by atoms with Gasteiger partial charge in [-0.15, -0.1) is 0 Å². The highest BCUT2D eigenvalue weighted by Crippen LogP contribution is 2.32. The molecule has 1 N–H and O–H groups in total. The molecule has 1 amide bonds. The summed E-state index contributed by atoms with van der Waals surface area (Å²) >= 11 is 0. The molecule has 17 heavy (non-hydrogen) atoms. The molecule has 0 aromatic carbocycles. The summed E-state index contributed by atoms with van der Waals surface area (Å²) in [7, 11) is 1.57. The van der Waals surface area contributed by atoms with Crippen molar-refractivity contribution in [2.45, 2.75) is 39.7 Å². The minimum atomic E-state index is -0.908. The number of hydrogen-bond donors (Lipinski definition) is 1. The molecule has 0 spiro atoms. The molecule has 3 unspecified atom stereocenters. The van der Waals surface area contributed by atoms with E-state index in [2.05, 4.69) is 13.0 Å². The Labute approximate surface area is 102 Å². The van der Waals surface area contributed by atoms with Crippen molar-refractivity contribution in [3.05, 3.63) is 11.6 Å². The summed E-state index contributed by atoms with van der Waals surface area (Å²) in [6.45, 7) is 5.52. The van der Waals surface area contributed by atoms with Gasteiger partial charge in [0.1, 0.15) is 6.04 Å². The van der Waals surface area contributed by atoms with Gasteiger partial charge in [0.05, 0.1) is 0 Å². The van der Waals surface area contributed by atoms with Gasteiger partial charge in [-0.05, 0) is 31.6 Å². The van der Waals surface area contributed by atoms with Crippen molar-refractivity contribution in [3.63, 3.8) is 0 Å². The molecular weight excluding hydrogens is 218 g/mol. The molecule has 0 heterocycles. The van der Waals surface area contributed by atoms with Crippen LogP contribution in [0.15, 0.2) is 11.6 Å². The molecule has 0 aromatic rings. The highest BCUT2D eigenvalue weighted by atomic mass is 16.4. The number of amides is 1. The van der Waals surface area contributed by atoms with Crippen LogP contribution in [0.2, 0.25) is 0 Å². The molecule has 3 atom stereocenters. The second-order valence-corrected chi connectivity index (χ2v) is 5.10. The number of carboxylic acids is 1. The number of carboxylic acid groups (broad SMARTS) is 1. The van der Waals surface area contributed by atoms with E-state index in [1.165, 1.54) is 17.4 Å². The van der Waals surface area contributed by atoms with Crippen molar-refractivity contribution >= 4 is 11.9 Å². The first-order chi connectivity index (χ1) is 7.82. The maximum atomic E-state index is 11.3. The van der Waals surface area contributed by atoms with Crippen LogP contribution in [0.4, 0.5) is 0 Å². The lowest BCUT2D eigenvalue weighted by molar-refractivity contribution is -0.151. The zero-order valence-electron chi connectivity index (χ0n) is 10.9. The van der Waals surface area contributed by atoms with Gasteiger partial charge in [-0.25, -0.2) is 4.79 Å². The zero-order valence-corrected chi connectivity index (χ0v) is 10.9. The standard InChI is InChI=1S/C13H21NO3/c1-8-5-9(2)7-11(6-8)12(13(16)17)14(4)10(3)15/h5,8,11-12H,6-7H2,1-4H3,(H,16,17). The molecule has 4 heteroatoms. The van der Waals surface area contributed by atoms with Crippen molar-refractivity contribution in [1.82, 2.24) is 4.90 Å². The molecule has 0 bridgehead atoms. The maximum Gasteiger partial charge on any atom is 0.326 e. The van der Waals surface area contributed by atoms with Crippen molar-refractivity contribution < 1.29 is 14.7 Å². The van der Waals surface area contributed by atoms with E-state index < -0.39 is 12.0 Å². The fourth-order valence-electron chi connectivity index (χ4n) is 2.72. The van der Waals surface area contributed by atoms with E-state index in [1.807, 2.05) is 6.92 Å². The van der Waals surface area contributed by atoms with Crippen LogP contribution in [0, 0.1) is 11.8 Å². The highest BCUT2D eigenvalue weighted by molar-refractivity contribution is 5.82. The van der Waals surface area contributed by atoms with Gasteiger partial charge < -0.3 is 10.0 Å². The van der Waals surface area contributed by atoms with Crippen LogP contribution in [0.1, 0.15) is 33.6 Å². The molecule has 0 aromatic heterocycles. The number of carbonyl (C=O) groups excluding carboxylic acids is 1. The first-order valence-electron chi connectivity index (χ1n) is 5.96. The number of aliphatic carboxylic acids is 1. The van der Waals surface area contributed by atoms with Gasteiger partial charge in [0.15, 0.2) is 0 Å². The molecule has 4 nitrogen and oxygen atoms in total. The first kappa shape index (κ1) is 13.7. The Hall–Kier alpha value is -1.32. The van der Waals surface area contributed by atoms with Crippen LogP contribution < -0.4 is 0 Å². The van der Waals surface area contributed by atoms with Gasteiger partial charge in [-0.1, -0.05) is 18.6 Å². The fourth-order valence-corrected chi connectivity index (χ4v) is 2.72. The predicted molar refractivity (Wildman–Crippen MR) is 65.5 cm³/mol. The van der Waals surface area contributed by atoms with Crippen molar-refractivity contribution in [2.24, 2.45) is 11.8 Å². The number of likely N-dealkylation sites (N-methyl/N-ethyl adjacent to an activating group) is 1. The SMILES string of the molecule is CC(=O)N(C)C(C(=O)O)C1CC(C)=CC(C)C1. The molecular formula is C13H21NO3. The van der Waals surface area contributed by atoms with Crippen molar-refractivity contribution in [1.29, 1.82) is 0 Å². The average Bonchev–Trinajstić information content (AvgIpc) is 2.15. The number of hydrogen-bond acceptors (Lipinski definition) is 2. The van der Waals surface area contributed by atoms with E-state index in [-0.39, 0.29) is 11.8 Å². The van der Waals surface area contributed by atoms with E-state index in [0.717, 1.165) is 12.8 Å². The number of nitrogens with zero attached hydrogens (tertiary/aromatic N) is 1. The number of carbonyl (C=O) groups is 2. The summed E-state index contributed by atoms with van der Waals surface area (Å²) in [5.41, 5.74) is 1.22. The van der Waals surface area contributed by atoms with Crippen LogP contribution in [0.25, 0.3) is 0 Å². The van der Waals surface area contributed by atoms with Gasteiger partial charge in [-0.3, -0.25) is 4.79 Å². The predicted octanol–water partition coefficient (Wildman–Crippen LogP) is 1.91. The van der Waals surface area contributed by atoms with E-state index in [1.54, 1.807) is 7.05 Å².